The van der Waals surface area contributed by atoms with Crippen molar-refractivity contribution in [3.63, 3.8) is 0 Å². The van der Waals surface area contributed by atoms with E-state index in [-0.39, 0.29) is 0 Å². The van der Waals surface area contributed by atoms with Gasteiger partial charge in [0.25, 0.3) is 0 Å². The Kier molecular flexibility index (Phi) is 14.3. The second kappa shape index (κ2) is 18.9. The number of allylic oxidation sites excluding steroid dienone is 9. The zero-order valence-electron chi connectivity index (χ0n) is 25.3. The van der Waals surface area contributed by atoms with E-state index in [9.17, 15) is 0 Å². The van der Waals surface area contributed by atoms with Crippen molar-refractivity contribution in [1.82, 2.24) is 0 Å². The standard InChI is InChI=1S/C37H44N4S2/c1-3-7-31(11-13-33-15-17-37-35(29-33)9-6-21-41-37)19-23-39-25-27-43-42-26-24-38-22-18-30(4-2)10-12-32-14-16-36-34(28-32)8-5-20-40-36/h3-4,7,10-19,22-23,28-29,40-41H,2,5-6,8-9,20-21,24-27H2,1H3/b7-3-,12-10+,13-11+,30-18+,31-19+,38-22+,39-23+. The van der Waals surface area contributed by atoms with E-state index in [1.807, 2.05) is 53.1 Å². The molecule has 43 heavy (non-hydrogen) atoms. The van der Waals surface area contributed by atoms with Crippen LogP contribution in [-0.4, -0.2) is 50.1 Å². The molecule has 224 valence electrons. The van der Waals surface area contributed by atoms with Crippen LogP contribution in [0, 0.1) is 0 Å². The van der Waals surface area contributed by atoms with E-state index < -0.39 is 0 Å². The molecular weight excluding hydrogens is 565 g/mol. The summed E-state index contributed by atoms with van der Waals surface area (Å²) in [7, 11) is 3.70. The zero-order chi connectivity index (χ0) is 30.0. The first kappa shape index (κ1) is 32.4. The van der Waals surface area contributed by atoms with Gasteiger partial charge in [-0.05, 0) is 102 Å². The van der Waals surface area contributed by atoms with Crippen LogP contribution in [0.2, 0.25) is 0 Å². The van der Waals surface area contributed by atoms with Gasteiger partial charge in [-0.25, -0.2) is 0 Å². The maximum absolute atomic E-state index is 4.57. The van der Waals surface area contributed by atoms with Gasteiger partial charge < -0.3 is 10.6 Å². The topological polar surface area (TPSA) is 48.8 Å². The summed E-state index contributed by atoms with van der Waals surface area (Å²) in [6, 6.07) is 13.3. The van der Waals surface area contributed by atoms with E-state index in [1.165, 1.54) is 46.5 Å². The van der Waals surface area contributed by atoms with Crippen molar-refractivity contribution in [1.29, 1.82) is 0 Å². The molecule has 0 amide bonds. The number of nitrogens with one attached hydrogen (secondary N) is 2. The number of aliphatic imine (C=N–C) groups is 2. The largest absolute Gasteiger partial charge is 0.385 e. The molecule has 0 unspecified atom stereocenters. The van der Waals surface area contributed by atoms with Gasteiger partial charge in [0, 0.05) is 61.5 Å². The Morgan fingerprint density at radius 1 is 0.767 bits per heavy atom. The molecule has 2 aromatic carbocycles. The summed E-state index contributed by atoms with van der Waals surface area (Å²) in [6.07, 6.45) is 27.2. The Labute approximate surface area is 266 Å². The molecule has 2 heterocycles. The van der Waals surface area contributed by atoms with Crippen molar-refractivity contribution in [3.05, 3.63) is 119 Å². The van der Waals surface area contributed by atoms with Gasteiger partial charge in [-0.15, -0.1) is 0 Å². The summed E-state index contributed by atoms with van der Waals surface area (Å²) in [5.41, 5.74) is 10.0. The van der Waals surface area contributed by atoms with Crippen molar-refractivity contribution < 1.29 is 0 Å². The van der Waals surface area contributed by atoms with Crippen molar-refractivity contribution in [2.24, 2.45) is 9.98 Å². The highest BCUT2D eigenvalue weighted by molar-refractivity contribution is 8.76. The van der Waals surface area contributed by atoms with Gasteiger partial charge in [0.1, 0.15) is 0 Å². The van der Waals surface area contributed by atoms with Crippen LogP contribution >= 0.6 is 21.6 Å². The number of anilines is 2. The van der Waals surface area contributed by atoms with Crippen LogP contribution in [0.25, 0.3) is 12.2 Å². The summed E-state index contributed by atoms with van der Waals surface area (Å²) < 4.78 is 0. The van der Waals surface area contributed by atoms with Gasteiger partial charge >= 0.3 is 0 Å². The molecule has 2 N–H and O–H groups in total. The number of hydrogen-bond donors (Lipinski definition) is 2. The molecule has 2 aliphatic rings. The lowest BCUT2D eigenvalue weighted by atomic mass is 10.0. The second-order valence-electron chi connectivity index (χ2n) is 10.4. The minimum absolute atomic E-state index is 0.798. The lowest BCUT2D eigenvalue weighted by Gasteiger charge is -2.18. The number of nitrogens with zero attached hydrogens (tertiary/aromatic N) is 2. The first-order valence-corrected chi connectivity index (χ1v) is 17.7. The van der Waals surface area contributed by atoms with Gasteiger partial charge in [-0.1, -0.05) is 82.8 Å². The van der Waals surface area contributed by atoms with Crippen LogP contribution < -0.4 is 10.6 Å². The lowest BCUT2D eigenvalue weighted by Crippen LogP contribution is -2.11. The van der Waals surface area contributed by atoms with Crippen molar-refractivity contribution in [3.8, 4) is 0 Å². The van der Waals surface area contributed by atoms with E-state index in [0.717, 1.165) is 61.7 Å². The fraction of sp³-hybridized carbons (Fsp3) is 0.297. The van der Waals surface area contributed by atoms with Gasteiger partial charge in [0.15, 0.2) is 0 Å². The molecule has 4 nitrogen and oxygen atoms in total. The Bertz CT molecular complexity index is 1410. The number of fused-ring (bicyclic) bond motifs is 2. The SMILES string of the molecule is C=CC(/C=C/c1ccc2c(c1)CCCN2)=C\C=N\CCSSCC/N=C/C=C(\C=C/C)/C=C/c1ccc2c(c1)CCCN2. The fourth-order valence-electron chi connectivity index (χ4n) is 4.86. The molecule has 0 atom stereocenters. The van der Waals surface area contributed by atoms with Crippen LogP contribution in [0.3, 0.4) is 0 Å². The first-order valence-electron chi connectivity index (χ1n) is 15.2. The molecule has 0 spiro atoms. The van der Waals surface area contributed by atoms with E-state index in [2.05, 4.69) is 106 Å². The predicted molar refractivity (Wildman–Crippen MR) is 197 cm³/mol. The maximum Gasteiger partial charge on any atom is 0.0488 e. The highest BCUT2D eigenvalue weighted by Gasteiger charge is 2.08. The minimum Gasteiger partial charge on any atom is -0.385 e. The van der Waals surface area contributed by atoms with Crippen molar-refractivity contribution >= 4 is 57.5 Å². The Hall–Kier alpha value is -3.48. The first-order chi connectivity index (χ1) is 21.2. The highest BCUT2D eigenvalue weighted by atomic mass is 33.1. The molecule has 4 rings (SSSR count). The third-order valence-corrected chi connectivity index (χ3v) is 9.47. The Morgan fingerprint density at radius 3 is 1.84 bits per heavy atom. The Morgan fingerprint density at radius 2 is 1.30 bits per heavy atom. The molecule has 0 fully saturated rings. The van der Waals surface area contributed by atoms with Crippen molar-refractivity contribution in [2.75, 3.05) is 48.3 Å². The molecule has 0 aliphatic carbocycles. The van der Waals surface area contributed by atoms with Crippen LogP contribution in [0.1, 0.15) is 42.0 Å². The van der Waals surface area contributed by atoms with E-state index in [4.69, 9.17) is 0 Å². The second-order valence-corrected chi connectivity index (χ2v) is 13.1. The monoisotopic (exact) mass is 608 g/mol. The smallest absolute Gasteiger partial charge is 0.0488 e. The Balaban J connectivity index is 1.11. The molecular formula is C37H44N4S2. The van der Waals surface area contributed by atoms with E-state index in [0.29, 0.717) is 0 Å². The average molecular weight is 609 g/mol. The van der Waals surface area contributed by atoms with Gasteiger partial charge in [-0.2, -0.15) is 0 Å². The number of aryl methyl sites for hydroxylation is 2. The molecule has 0 radical (unpaired) electrons. The molecule has 0 bridgehead atoms. The van der Waals surface area contributed by atoms with Crippen molar-refractivity contribution in [2.45, 2.75) is 32.6 Å². The lowest BCUT2D eigenvalue weighted by molar-refractivity contribution is 0.830. The molecule has 6 heteroatoms. The number of rotatable bonds is 15. The van der Waals surface area contributed by atoms with E-state index >= 15 is 0 Å². The third kappa shape index (κ3) is 11.6. The van der Waals surface area contributed by atoms with Gasteiger partial charge in [0.2, 0.25) is 0 Å². The fourth-order valence-corrected chi connectivity index (χ4v) is 6.61. The number of benzene rings is 2. The summed E-state index contributed by atoms with van der Waals surface area (Å²) in [5, 5.41) is 6.94. The molecule has 2 aliphatic heterocycles. The van der Waals surface area contributed by atoms with Crippen LogP contribution in [0.5, 0.6) is 0 Å². The molecule has 0 saturated heterocycles. The third-order valence-electron chi connectivity index (χ3n) is 7.10. The predicted octanol–water partition coefficient (Wildman–Crippen LogP) is 9.27. The van der Waals surface area contributed by atoms with Gasteiger partial charge in [0.05, 0.1) is 0 Å². The van der Waals surface area contributed by atoms with E-state index in [1.54, 1.807) is 0 Å². The van der Waals surface area contributed by atoms with Gasteiger partial charge in [-0.3, -0.25) is 9.98 Å². The summed E-state index contributed by atoms with van der Waals surface area (Å²) >= 11 is 0. The normalized spacial score (nSPS) is 15.8. The summed E-state index contributed by atoms with van der Waals surface area (Å²) in [5.74, 6) is 1.97. The van der Waals surface area contributed by atoms with Crippen LogP contribution in [0.4, 0.5) is 11.4 Å². The highest BCUT2D eigenvalue weighted by Crippen LogP contribution is 2.25. The van der Waals surface area contributed by atoms with Crippen LogP contribution in [-0.2, 0) is 12.8 Å². The summed E-state index contributed by atoms with van der Waals surface area (Å²) in [6.45, 7) is 9.74. The maximum atomic E-state index is 4.57. The average Bonchev–Trinajstić information content (AvgIpc) is 3.05. The molecule has 0 aromatic heterocycles. The molecule has 2 aromatic rings. The van der Waals surface area contributed by atoms with Crippen LogP contribution in [0.15, 0.2) is 107 Å². The molecule has 0 saturated carbocycles. The zero-order valence-corrected chi connectivity index (χ0v) is 26.9. The minimum atomic E-state index is 0.798. The summed E-state index contributed by atoms with van der Waals surface area (Å²) in [4.78, 5) is 9.11. The number of hydrogen-bond acceptors (Lipinski definition) is 6. The quantitative estimate of drug-likeness (QED) is 0.0916.